The first-order valence-corrected chi connectivity index (χ1v) is 11.0. The van der Waals surface area contributed by atoms with Crippen LogP contribution in [-0.4, -0.2) is 55.0 Å². The van der Waals surface area contributed by atoms with Gasteiger partial charge in [-0.05, 0) is 56.0 Å². The van der Waals surface area contributed by atoms with E-state index in [0.717, 1.165) is 47.9 Å². The topological polar surface area (TPSA) is 64.7 Å². The summed E-state index contributed by atoms with van der Waals surface area (Å²) in [4.78, 5) is 28.7. The molecular formula is C23H29ClN4O2. The molecule has 4 rings (SSSR count). The van der Waals surface area contributed by atoms with Crippen molar-refractivity contribution in [2.45, 2.75) is 45.2 Å². The van der Waals surface area contributed by atoms with Crippen LogP contribution in [0.25, 0.3) is 0 Å². The zero-order chi connectivity index (χ0) is 21.3. The van der Waals surface area contributed by atoms with Crippen molar-refractivity contribution in [1.29, 1.82) is 0 Å². The molecule has 1 aliphatic carbocycles. The molecule has 0 spiro atoms. The summed E-state index contributed by atoms with van der Waals surface area (Å²) in [6, 6.07) is 6.38. The summed E-state index contributed by atoms with van der Waals surface area (Å²) in [5, 5.41) is 7.09. The van der Waals surface area contributed by atoms with Crippen molar-refractivity contribution in [3.63, 3.8) is 0 Å². The zero-order valence-electron chi connectivity index (χ0n) is 17.6. The number of halogens is 1. The molecule has 1 unspecified atom stereocenters. The number of nitrogens with one attached hydrogen (secondary N) is 2. The van der Waals surface area contributed by atoms with Gasteiger partial charge < -0.3 is 20.4 Å². The number of carbonyl (C=O) groups excluding carboxylic acids is 2. The predicted molar refractivity (Wildman–Crippen MR) is 120 cm³/mol. The van der Waals surface area contributed by atoms with Crippen molar-refractivity contribution in [2.24, 2.45) is 0 Å². The van der Waals surface area contributed by atoms with Gasteiger partial charge in [0.2, 0.25) is 11.8 Å². The van der Waals surface area contributed by atoms with E-state index in [1.165, 1.54) is 5.57 Å². The Morgan fingerprint density at radius 2 is 2.13 bits per heavy atom. The maximum atomic E-state index is 12.9. The third kappa shape index (κ3) is 4.55. The average Bonchev–Trinajstić information content (AvgIpc) is 2.73. The first kappa shape index (κ1) is 20.9. The van der Waals surface area contributed by atoms with Gasteiger partial charge in [0, 0.05) is 54.5 Å². The van der Waals surface area contributed by atoms with Crippen LogP contribution in [-0.2, 0) is 9.59 Å². The standard InChI is InChI=1S/C23H29ClN4O2/c1-15-11-19(5-6-20(15)24)27-9-10-28(16(2)14-27)23(30)13-25-18-4-7-21-17(12-18)3-8-22(29)26-21/h5-7,11-12,16,18,25H,3-4,8-10,13-14H2,1-2H3,(H,26,29)/t16-,18?/m1/s1. The van der Waals surface area contributed by atoms with E-state index in [-0.39, 0.29) is 23.9 Å². The molecule has 2 saturated heterocycles. The van der Waals surface area contributed by atoms with E-state index in [1.54, 1.807) is 0 Å². The van der Waals surface area contributed by atoms with Crippen LogP contribution < -0.4 is 15.5 Å². The molecule has 0 aromatic heterocycles. The third-order valence-electron chi connectivity index (χ3n) is 6.19. The van der Waals surface area contributed by atoms with Gasteiger partial charge in [0.1, 0.15) is 0 Å². The minimum atomic E-state index is 0.0851. The summed E-state index contributed by atoms with van der Waals surface area (Å²) in [7, 11) is 0. The van der Waals surface area contributed by atoms with Gasteiger partial charge in [-0.2, -0.15) is 0 Å². The largest absolute Gasteiger partial charge is 0.368 e. The van der Waals surface area contributed by atoms with Crippen LogP contribution in [0.4, 0.5) is 5.69 Å². The highest BCUT2D eigenvalue weighted by atomic mass is 35.5. The van der Waals surface area contributed by atoms with E-state index in [1.807, 2.05) is 24.0 Å². The van der Waals surface area contributed by atoms with Gasteiger partial charge >= 0.3 is 0 Å². The van der Waals surface area contributed by atoms with Crippen LogP contribution >= 0.6 is 11.6 Å². The molecule has 160 valence electrons. The monoisotopic (exact) mass is 428 g/mol. The number of allylic oxidation sites excluding steroid dienone is 1. The Balaban J connectivity index is 1.29. The number of piperidine rings is 1. The Morgan fingerprint density at radius 3 is 2.90 bits per heavy atom. The second kappa shape index (κ2) is 8.82. The molecule has 2 amide bonds. The minimum absolute atomic E-state index is 0.0851. The number of hydrogen-bond donors (Lipinski definition) is 2. The van der Waals surface area contributed by atoms with E-state index in [0.29, 0.717) is 19.5 Å². The number of aryl methyl sites for hydroxylation is 1. The number of nitrogens with zero attached hydrogens (tertiary/aromatic N) is 2. The molecule has 1 aromatic rings. The van der Waals surface area contributed by atoms with E-state index < -0.39 is 0 Å². The Hall–Kier alpha value is -2.31. The van der Waals surface area contributed by atoms with Gasteiger partial charge in [0.15, 0.2) is 0 Å². The molecule has 2 N–H and O–H groups in total. The van der Waals surface area contributed by atoms with Crippen LogP contribution in [0.1, 0.15) is 31.7 Å². The highest BCUT2D eigenvalue weighted by molar-refractivity contribution is 6.31. The Kier molecular flexibility index (Phi) is 6.16. The maximum Gasteiger partial charge on any atom is 0.236 e. The number of benzene rings is 1. The normalized spacial score (nSPS) is 24.0. The molecule has 3 aliphatic rings. The molecule has 2 aliphatic heterocycles. The lowest BCUT2D eigenvalue weighted by molar-refractivity contribution is -0.132. The fourth-order valence-corrected chi connectivity index (χ4v) is 4.55. The van der Waals surface area contributed by atoms with Crippen molar-refractivity contribution < 1.29 is 9.59 Å². The molecule has 0 saturated carbocycles. The van der Waals surface area contributed by atoms with Gasteiger partial charge in [-0.1, -0.05) is 23.8 Å². The average molecular weight is 429 g/mol. The summed E-state index contributed by atoms with van der Waals surface area (Å²) in [5.41, 5.74) is 4.34. The molecule has 0 radical (unpaired) electrons. The van der Waals surface area contributed by atoms with Crippen LogP contribution in [0.2, 0.25) is 5.02 Å². The van der Waals surface area contributed by atoms with Crippen LogP contribution in [0, 0.1) is 6.92 Å². The fraction of sp³-hybridized carbons (Fsp3) is 0.478. The number of amides is 2. The number of hydrogen-bond acceptors (Lipinski definition) is 4. The van der Waals surface area contributed by atoms with Crippen molar-refractivity contribution in [3.05, 3.63) is 52.2 Å². The molecule has 6 nitrogen and oxygen atoms in total. The molecule has 2 atom stereocenters. The first-order valence-electron chi connectivity index (χ1n) is 10.7. The summed E-state index contributed by atoms with van der Waals surface area (Å²) in [6.45, 7) is 6.79. The van der Waals surface area contributed by atoms with Gasteiger partial charge in [0.25, 0.3) is 0 Å². The first-order chi connectivity index (χ1) is 14.4. The van der Waals surface area contributed by atoms with Gasteiger partial charge in [-0.15, -0.1) is 0 Å². The predicted octanol–water partition coefficient (Wildman–Crippen LogP) is 2.77. The molecular weight excluding hydrogens is 400 g/mol. The maximum absolute atomic E-state index is 12.9. The van der Waals surface area contributed by atoms with Crippen molar-refractivity contribution in [1.82, 2.24) is 15.5 Å². The second-order valence-electron chi connectivity index (χ2n) is 8.40. The smallest absolute Gasteiger partial charge is 0.236 e. The fourth-order valence-electron chi connectivity index (χ4n) is 4.44. The van der Waals surface area contributed by atoms with Crippen LogP contribution in [0.15, 0.2) is 41.6 Å². The van der Waals surface area contributed by atoms with Crippen molar-refractivity contribution in [2.75, 3.05) is 31.1 Å². The van der Waals surface area contributed by atoms with Gasteiger partial charge in [0.05, 0.1) is 6.54 Å². The molecule has 0 bridgehead atoms. The van der Waals surface area contributed by atoms with E-state index in [4.69, 9.17) is 11.6 Å². The third-order valence-corrected chi connectivity index (χ3v) is 6.61. The summed E-state index contributed by atoms with van der Waals surface area (Å²) in [6.07, 6.45) is 6.30. The SMILES string of the molecule is Cc1cc(N2CCN(C(=O)CNC3C=C4CCC(=O)NC4=CC3)[C@H](C)C2)ccc1Cl. The summed E-state index contributed by atoms with van der Waals surface area (Å²) in [5.74, 6) is 0.224. The number of rotatable bonds is 4. The number of fused-ring (bicyclic) bond motifs is 1. The molecule has 2 fully saturated rings. The number of carbonyl (C=O) groups is 2. The zero-order valence-corrected chi connectivity index (χ0v) is 18.3. The highest BCUT2D eigenvalue weighted by Gasteiger charge is 2.28. The lowest BCUT2D eigenvalue weighted by atomic mass is 9.93. The minimum Gasteiger partial charge on any atom is -0.368 e. The lowest BCUT2D eigenvalue weighted by Crippen LogP contribution is -2.56. The summed E-state index contributed by atoms with van der Waals surface area (Å²) < 4.78 is 0. The Morgan fingerprint density at radius 1 is 1.30 bits per heavy atom. The van der Waals surface area contributed by atoms with Crippen LogP contribution in [0.5, 0.6) is 0 Å². The van der Waals surface area contributed by atoms with Crippen molar-refractivity contribution in [3.8, 4) is 0 Å². The van der Waals surface area contributed by atoms with E-state index in [9.17, 15) is 9.59 Å². The number of piperazine rings is 1. The Bertz CT molecular complexity index is 910. The van der Waals surface area contributed by atoms with E-state index in [2.05, 4.69) is 40.7 Å². The molecule has 7 heteroatoms. The lowest BCUT2D eigenvalue weighted by Gasteiger charge is -2.41. The summed E-state index contributed by atoms with van der Waals surface area (Å²) >= 11 is 6.15. The molecule has 2 heterocycles. The van der Waals surface area contributed by atoms with Crippen molar-refractivity contribution >= 4 is 29.1 Å². The Labute approximate surface area is 182 Å². The quantitative estimate of drug-likeness (QED) is 0.774. The number of anilines is 1. The molecule has 30 heavy (non-hydrogen) atoms. The highest BCUT2D eigenvalue weighted by Crippen LogP contribution is 2.26. The van der Waals surface area contributed by atoms with Gasteiger partial charge in [-0.25, -0.2) is 0 Å². The van der Waals surface area contributed by atoms with Crippen LogP contribution in [0.3, 0.4) is 0 Å². The second-order valence-corrected chi connectivity index (χ2v) is 8.80. The van der Waals surface area contributed by atoms with E-state index >= 15 is 0 Å². The molecule has 1 aromatic carbocycles. The van der Waals surface area contributed by atoms with Gasteiger partial charge in [-0.3, -0.25) is 9.59 Å².